The number of carbonyl (C=O) groups is 2. The molecule has 0 fully saturated rings. The number of benzene rings is 2. The van der Waals surface area contributed by atoms with Crippen LogP contribution >= 0.6 is 11.6 Å². The van der Waals surface area contributed by atoms with Crippen LogP contribution in [-0.4, -0.2) is 32.6 Å². The van der Waals surface area contributed by atoms with Crippen LogP contribution < -0.4 is 20.9 Å². The molecule has 6 nitrogen and oxygen atoms in total. The van der Waals surface area contributed by atoms with Crippen molar-refractivity contribution >= 4 is 40.6 Å². The van der Waals surface area contributed by atoms with E-state index < -0.39 is 6.03 Å². The average Bonchev–Trinajstić information content (AvgIpc) is 2.59. The first-order valence-corrected chi connectivity index (χ1v) is 9.07. The molecule has 2 rings (SSSR count). The first kappa shape index (κ1) is 20.6. The lowest BCUT2D eigenvalue weighted by atomic mass is 10.1. The molecule has 0 heterocycles. The Bertz CT molecular complexity index is 821. The van der Waals surface area contributed by atoms with Crippen molar-refractivity contribution in [3.8, 4) is 0 Å². The van der Waals surface area contributed by atoms with Crippen LogP contribution in [0.4, 0.5) is 21.9 Å². The van der Waals surface area contributed by atoms with Crippen LogP contribution in [0.1, 0.15) is 24.2 Å². The highest BCUT2D eigenvalue weighted by Gasteiger charge is 2.15. The second-order valence-corrected chi connectivity index (χ2v) is 7.26. The minimum atomic E-state index is -0.414. The Kier molecular flexibility index (Phi) is 7.07. The number of carbonyl (C=O) groups excluding carboxylic acids is 2. The lowest BCUT2D eigenvalue weighted by Crippen LogP contribution is -2.29. The third kappa shape index (κ3) is 6.18. The van der Waals surface area contributed by atoms with E-state index >= 15 is 0 Å². The number of urea groups is 1. The van der Waals surface area contributed by atoms with Crippen molar-refractivity contribution in [3.63, 3.8) is 0 Å². The van der Waals surface area contributed by atoms with Crippen molar-refractivity contribution in [1.82, 2.24) is 5.32 Å². The van der Waals surface area contributed by atoms with Crippen LogP contribution in [0.5, 0.6) is 0 Å². The lowest BCUT2D eigenvalue weighted by Gasteiger charge is -2.19. The summed E-state index contributed by atoms with van der Waals surface area (Å²) >= 11 is 5.92. The number of hydrogen-bond acceptors (Lipinski definition) is 3. The summed E-state index contributed by atoms with van der Waals surface area (Å²) in [7, 11) is 3.74. The van der Waals surface area contributed by atoms with Gasteiger partial charge in [-0.05, 0) is 42.3 Å². The Morgan fingerprint density at radius 3 is 2.30 bits per heavy atom. The molecule has 0 aliphatic heterocycles. The fraction of sp³-hybridized carbons (Fsp3) is 0.300. The number of halogens is 1. The van der Waals surface area contributed by atoms with Crippen LogP contribution in [0.25, 0.3) is 0 Å². The van der Waals surface area contributed by atoms with E-state index in [1.54, 1.807) is 42.5 Å². The molecule has 27 heavy (non-hydrogen) atoms. The molecule has 0 saturated carbocycles. The molecule has 0 bridgehead atoms. The summed E-state index contributed by atoms with van der Waals surface area (Å²) in [4.78, 5) is 26.7. The monoisotopic (exact) mass is 388 g/mol. The minimum Gasteiger partial charge on any atom is -0.377 e. The van der Waals surface area contributed by atoms with Crippen LogP contribution in [0, 0.1) is 5.92 Å². The van der Waals surface area contributed by atoms with Crippen molar-refractivity contribution in [3.05, 3.63) is 53.1 Å². The first-order valence-electron chi connectivity index (χ1n) is 8.69. The van der Waals surface area contributed by atoms with Crippen molar-refractivity contribution in [2.75, 3.05) is 36.2 Å². The molecule has 0 atom stereocenters. The zero-order valence-electron chi connectivity index (χ0n) is 16.0. The van der Waals surface area contributed by atoms with Gasteiger partial charge < -0.3 is 20.9 Å². The maximum atomic E-state index is 12.6. The van der Waals surface area contributed by atoms with Crippen LogP contribution in [0.3, 0.4) is 0 Å². The standard InChI is InChI=1S/C20H25ClN4O2/c1-13(2)12-22-19(26)17-11-16(8-9-18(17)25(3)4)24-20(27)23-15-7-5-6-14(21)10-15/h5-11,13H,12H2,1-4H3,(H,22,26)(H2,23,24,27). The van der Waals surface area contributed by atoms with Gasteiger partial charge in [0.2, 0.25) is 0 Å². The summed E-state index contributed by atoms with van der Waals surface area (Å²) in [5.74, 6) is 0.174. The molecule has 2 aromatic carbocycles. The molecule has 7 heteroatoms. The van der Waals surface area contributed by atoms with Gasteiger partial charge in [0.1, 0.15) is 0 Å². The van der Waals surface area contributed by atoms with E-state index in [1.165, 1.54) is 0 Å². The van der Waals surface area contributed by atoms with E-state index in [0.29, 0.717) is 34.4 Å². The van der Waals surface area contributed by atoms with Gasteiger partial charge in [-0.2, -0.15) is 0 Å². The molecule has 0 radical (unpaired) electrons. The third-order valence-corrected chi connectivity index (χ3v) is 3.97. The molecule has 0 unspecified atom stereocenters. The normalized spacial score (nSPS) is 10.4. The number of nitrogens with zero attached hydrogens (tertiary/aromatic N) is 1. The van der Waals surface area contributed by atoms with Gasteiger partial charge in [-0.1, -0.05) is 31.5 Å². The number of anilines is 3. The number of amides is 3. The smallest absolute Gasteiger partial charge is 0.323 e. The summed E-state index contributed by atoms with van der Waals surface area (Å²) in [5.41, 5.74) is 2.38. The van der Waals surface area contributed by atoms with E-state index in [9.17, 15) is 9.59 Å². The van der Waals surface area contributed by atoms with Crippen molar-refractivity contribution < 1.29 is 9.59 Å². The Morgan fingerprint density at radius 2 is 1.70 bits per heavy atom. The average molecular weight is 389 g/mol. The van der Waals surface area contributed by atoms with Crippen molar-refractivity contribution in [1.29, 1.82) is 0 Å². The fourth-order valence-corrected chi connectivity index (χ4v) is 2.63. The predicted octanol–water partition coefficient (Wildman–Crippen LogP) is 4.44. The minimum absolute atomic E-state index is 0.175. The number of hydrogen-bond donors (Lipinski definition) is 3. The molecule has 2 aromatic rings. The zero-order valence-corrected chi connectivity index (χ0v) is 16.7. The summed E-state index contributed by atoms with van der Waals surface area (Å²) < 4.78 is 0. The zero-order chi connectivity index (χ0) is 20.0. The quantitative estimate of drug-likeness (QED) is 0.685. The van der Waals surface area contributed by atoms with Gasteiger partial charge in [0.25, 0.3) is 5.91 Å². The Balaban J connectivity index is 2.15. The molecule has 0 spiro atoms. The largest absolute Gasteiger partial charge is 0.377 e. The topological polar surface area (TPSA) is 73.5 Å². The third-order valence-electron chi connectivity index (χ3n) is 3.73. The van der Waals surface area contributed by atoms with E-state index in [0.717, 1.165) is 5.69 Å². The molecule has 3 N–H and O–H groups in total. The maximum Gasteiger partial charge on any atom is 0.323 e. The van der Waals surface area contributed by atoms with Gasteiger partial charge in [0.05, 0.1) is 5.56 Å². The van der Waals surface area contributed by atoms with Gasteiger partial charge in [-0.25, -0.2) is 4.79 Å². The van der Waals surface area contributed by atoms with Crippen LogP contribution in [-0.2, 0) is 0 Å². The second-order valence-electron chi connectivity index (χ2n) is 6.82. The van der Waals surface area contributed by atoms with E-state index in [-0.39, 0.29) is 5.91 Å². The van der Waals surface area contributed by atoms with E-state index in [4.69, 9.17) is 11.6 Å². The van der Waals surface area contributed by atoms with Gasteiger partial charge in [0.15, 0.2) is 0 Å². The molecule has 0 aromatic heterocycles. The molecule has 3 amide bonds. The molecule has 144 valence electrons. The Labute approximate surface area is 164 Å². The van der Waals surface area contributed by atoms with Crippen molar-refractivity contribution in [2.24, 2.45) is 5.92 Å². The fourth-order valence-electron chi connectivity index (χ4n) is 2.44. The molecular weight excluding hydrogens is 364 g/mol. The van der Waals surface area contributed by atoms with Gasteiger partial charge in [-0.3, -0.25) is 4.79 Å². The van der Waals surface area contributed by atoms with Crippen molar-refractivity contribution in [2.45, 2.75) is 13.8 Å². The van der Waals surface area contributed by atoms with Crippen LogP contribution in [0.2, 0.25) is 5.02 Å². The Morgan fingerprint density at radius 1 is 1.04 bits per heavy atom. The first-order chi connectivity index (χ1) is 12.8. The van der Waals surface area contributed by atoms with E-state index in [2.05, 4.69) is 16.0 Å². The number of nitrogens with one attached hydrogen (secondary N) is 3. The molecular formula is C20H25ClN4O2. The SMILES string of the molecule is CC(C)CNC(=O)c1cc(NC(=O)Nc2cccc(Cl)c2)ccc1N(C)C. The molecule has 0 aliphatic rings. The van der Waals surface area contributed by atoms with Gasteiger partial charge in [0, 0.05) is 42.7 Å². The van der Waals surface area contributed by atoms with Gasteiger partial charge in [-0.15, -0.1) is 0 Å². The number of rotatable bonds is 6. The molecule has 0 saturated heterocycles. The maximum absolute atomic E-state index is 12.6. The lowest BCUT2D eigenvalue weighted by molar-refractivity contribution is 0.0949. The second kappa shape index (κ2) is 9.28. The highest BCUT2D eigenvalue weighted by molar-refractivity contribution is 6.30. The highest BCUT2D eigenvalue weighted by Crippen LogP contribution is 2.23. The summed E-state index contributed by atoms with van der Waals surface area (Å²) in [5, 5.41) is 8.90. The summed E-state index contributed by atoms with van der Waals surface area (Å²) in [6.45, 7) is 4.65. The predicted molar refractivity (Wildman–Crippen MR) is 112 cm³/mol. The summed E-state index contributed by atoms with van der Waals surface area (Å²) in [6.07, 6.45) is 0. The van der Waals surface area contributed by atoms with Gasteiger partial charge >= 0.3 is 6.03 Å². The molecule has 0 aliphatic carbocycles. The van der Waals surface area contributed by atoms with Crippen LogP contribution in [0.15, 0.2) is 42.5 Å². The summed E-state index contributed by atoms with van der Waals surface area (Å²) in [6, 6.07) is 11.7. The highest BCUT2D eigenvalue weighted by atomic mass is 35.5. The van der Waals surface area contributed by atoms with E-state index in [1.807, 2.05) is 32.8 Å². The Hall–Kier alpha value is -2.73.